The largest absolute Gasteiger partial charge is 0.491 e. The smallest absolute Gasteiger partial charge is 0.299 e. The lowest BCUT2D eigenvalue weighted by Crippen LogP contribution is -2.32. The maximum atomic E-state index is 12.3. The zero-order valence-electron chi connectivity index (χ0n) is 9.54. The highest BCUT2D eigenvalue weighted by Crippen LogP contribution is 2.30. The summed E-state index contributed by atoms with van der Waals surface area (Å²) in [5.74, 6) is 0.486. The van der Waals surface area contributed by atoms with Gasteiger partial charge in [-0.05, 0) is 23.8 Å². The predicted octanol–water partition coefficient (Wildman–Crippen LogP) is 0.629. The number of fused-ring (bicyclic) bond motifs is 1. The second-order valence-corrected chi connectivity index (χ2v) is 3.86. The van der Waals surface area contributed by atoms with E-state index >= 15 is 0 Å². The molecule has 1 aromatic heterocycles. The normalized spacial score (nSPS) is 14.6. The maximum Gasteiger partial charge on any atom is 0.299 e. The Hall–Kier alpha value is -2.44. The second-order valence-electron chi connectivity index (χ2n) is 3.86. The lowest BCUT2D eigenvalue weighted by molar-refractivity contribution is 0.0977. The highest BCUT2D eigenvalue weighted by atomic mass is 16.5. The van der Waals surface area contributed by atoms with Gasteiger partial charge in [0.05, 0.1) is 12.3 Å². The number of H-pyrrole nitrogens is 1. The first-order valence-electron chi connectivity index (χ1n) is 5.63. The van der Waals surface area contributed by atoms with E-state index < -0.39 is 0 Å². The van der Waals surface area contributed by atoms with Gasteiger partial charge in [-0.1, -0.05) is 12.1 Å². The van der Waals surface area contributed by atoms with E-state index in [-0.39, 0.29) is 11.7 Å². The number of nitrogens with one attached hydrogen (secondary N) is 1. The van der Waals surface area contributed by atoms with E-state index in [0.29, 0.717) is 18.9 Å². The van der Waals surface area contributed by atoms with Crippen LogP contribution < -0.4 is 9.64 Å². The lowest BCUT2D eigenvalue weighted by Gasteiger charge is -2.19. The van der Waals surface area contributed by atoms with E-state index in [1.54, 1.807) is 4.90 Å². The molecule has 18 heavy (non-hydrogen) atoms. The van der Waals surface area contributed by atoms with Crippen LogP contribution in [0.3, 0.4) is 0 Å². The van der Waals surface area contributed by atoms with E-state index in [4.69, 9.17) is 4.74 Å². The van der Waals surface area contributed by atoms with Crippen molar-refractivity contribution in [3.63, 3.8) is 0 Å². The predicted molar refractivity (Wildman–Crippen MR) is 62.4 cm³/mol. The van der Waals surface area contributed by atoms with E-state index in [1.165, 1.54) is 0 Å². The molecule has 0 fully saturated rings. The van der Waals surface area contributed by atoms with Crippen LogP contribution in [0, 0.1) is 0 Å². The molecule has 92 valence electrons. The number of rotatable bonds is 1. The van der Waals surface area contributed by atoms with E-state index in [1.807, 2.05) is 24.3 Å². The summed E-state index contributed by atoms with van der Waals surface area (Å²) in [5, 5.41) is 13.1. The third kappa shape index (κ3) is 1.79. The number of hydrogen-bond acceptors (Lipinski definition) is 5. The van der Waals surface area contributed by atoms with Crippen molar-refractivity contribution in [2.45, 2.75) is 6.42 Å². The number of benzene rings is 1. The zero-order chi connectivity index (χ0) is 12.4. The topological polar surface area (TPSA) is 84.0 Å². The summed E-state index contributed by atoms with van der Waals surface area (Å²) in [6, 6.07) is 7.43. The summed E-state index contributed by atoms with van der Waals surface area (Å²) >= 11 is 0. The molecule has 7 nitrogen and oxygen atoms in total. The summed E-state index contributed by atoms with van der Waals surface area (Å²) in [6.07, 6.45) is 0.762. The minimum atomic E-state index is -0.276. The highest BCUT2D eigenvalue weighted by molar-refractivity contribution is 6.04. The summed E-state index contributed by atoms with van der Waals surface area (Å²) in [7, 11) is 0. The van der Waals surface area contributed by atoms with Crippen molar-refractivity contribution in [2.75, 3.05) is 18.1 Å². The molecule has 0 unspecified atom stereocenters. The van der Waals surface area contributed by atoms with Gasteiger partial charge in [-0.2, -0.15) is 5.21 Å². The third-order valence-electron chi connectivity index (χ3n) is 2.72. The first kappa shape index (κ1) is 10.7. The van der Waals surface area contributed by atoms with Gasteiger partial charge in [-0.3, -0.25) is 4.79 Å². The monoisotopic (exact) mass is 245 g/mol. The van der Waals surface area contributed by atoms with Gasteiger partial charge in [0.2, 0.25) is 0 Å². The van der Waals surface area contributed by atoms with Crippen LogP contribution in [0.25, 0.3) is 0 Å². The van der Waals surface area contributed by atoms with Gasteiger partial charge in [0.25, 0.3) is 11.7 Å². The van der Waals surface area contributed by atoms with Crippen LogP contribution in [-0.4, -0.2) is 39.7 Å². The number of aromatic amines is 1. The van der Waals surface area contributed by atoms with Gasteiger partial charge in [-0.25, -0.2) is 0 Å². The number of aromatic nitrogens is 4. The van der Waals surface area contributed by atoms with Crippen LogP contribution >= 0.6 is 0 Å². The molecule has 0 aliphatic carbocycles. The molecule has 2 heterocycles. The molecular formula is C11H11N5O2. The van der Waals surface area contributed by atoms with Crippen molar-refractivity contribution < 1.29 is 9.53 Å². The summed E-state index contributed by atoms with van der Waals surface area (Å²) in [5.41, 5.74) is 0.741. The van der Waals surface area contributed by atoms with E-state index in [9.17, 15) is 4.79 Å². The van der Waals surface area contributed by atoms with Gasteiger partial charge >= 0.3 is 0 Å². The van der Waals surface area contributed by atoms with Gasteiger partial charge < -0.3 is 9.64 Å². The molecule has 1 amide bonds. The number of anilines is 1. The first-order valence-corrected chi connectivity index (χ1v) is 5.63. The molecule has 2 aromatic rings. The third-order valence-corrected chi connectivity index (χ3v) is 2.72. The van der Waals surface area contributed by atoms with Crippen LogP contribution in [-0.2, 0) is 0 Å². The standard InChI is InChI=1S/C11H11N5O2/c17-11(10-12-14-15-13-10)16-6-3-7-18-9-5-2-1-4-8(9)16/h1-2,4-5H,3,6-7H2,(H,12,13,14,15). The SMILES string of the molecule is O=C(c1nn[nH]n1)N1CCCOc2ccccc21. The molecule has 7 heteroatoms. The number of nitrogens with zero attached hydrogens (tertiary/aromatic N) is 4. The molecule has 0 bridgehead atoms. The van der Waals surface area contributed by atoms with Crippen molar-refractivity contribution in [3.8, 4) is 5.75 Å². The maximum absolute atomic E-state index is 12.3. The quantitative estimate of drug-likeness (QED) is 0.796. The van der Waals surface area contributed by atoms with Crippen LogP contribution in [0.15, 0.2) is 24.3 Å². The Labute approximate surface area is 103 Å². The van der Waals surface area contributed by atoms with Crippen LogP contribution in [0.4, 0.5) is 5.69 Å². The van der Waals surface area contributed by atoms with Gasteiger partial charge in [0, 0.05) is 6.54 Å². The molecule has 0 saturated heterocycles. The molecule has 1 N–H and O–H groups in total. The Kier molecular flexibility index (Phi) is 2.64. The Morgan fingerprint density at radius 2 is 2.28 bits per heavy atom. The number of carbonyl (C=O) groups excluding carboxylic acids is 1. The van der Waals surface area contributed by atoms with Crippen molar-refractivity contribution in [1.29, 1.82) is 0 Å². The molecule has 0 radical (unpaired) electrons. The minimum absolute atomic E-state index is 0.0618. The van der Waals surface area contributed by atoms with Crippen molar-refractivity contribution in [1.82, 2.24) is 20.6 Å². The summed E-state index contributed by atoms with van der Waals surface area (Å²) < 4.78 is 5.59. The molecule has 0 saturated carbocycles. The van der Waals surface area contributed by atoms with Gasteiger partial charge in [0.1, 0.15) is 5.75 Å². The number of hydrogen-bond donors (Lipinski definition) is 1. The van der Waals surface area contributed by atoms with Crippen molar-refractivity contribution in [3.05, 3.63) is 30.1 Å². The Morgan fingerprint density at radius 1 is 1.39 bits per heavy atom. The zero-order valence-corrected chi connectivity index (χ0v) is 9.54. The summed E-state index contributed by atoms with van der Waals surface area (Å²) in [4.78, 5) is 13.9. The minimum Gasteiger partial charge on any atom is -0.491 e. The Bertz CT molecular complexity index is 554. The van der Waals surface area contributed by atoms with E-state index in [2.05, 4.69) is 20.6 Å². The summed E-state index contributed by atoms with van der Waals surface area (Å²) in [6.45, 7) is 1.16. The first-order chi connectivity index (χ1) is 8.86. The number of tetrazole rings is 1. The fourth-order valence-electron chi connectivity index (χ4n) is 1.91. The highest BCUT2D eigenvalue weighted by Gasteiger charge is 2.25. The number of para-hydroxylation sites is 2. The fourth-order valence-corrected chi connectivity index (χ4v) is 1.91. The van der Waals surface area contributed by atoms with Crippen LogP contribution in [0.5, 0.6) is 5.75 Å². The number of amides is 1. The molecule has 1 aliphatic heterocycles. The number of carbonyl (C=O) groups is 1. The van der Waals surface area contributed by atoms with Crippen LogP contribution in [0.2, 0.25) is 0 Å². The fraction of sp³-hybridized carbons (Fsp3) is 0.273. The average molecular weight is 245 g/mol. The Balaban J connectivity index is 1.99. The molecule has 0 spiro atoms. The van der Waals surface area contributed by atoms with Crippen LogP contribution in [0.1, 0.15) is 17.0 Å². The van der Waals surface area contributed by atoms with Crippen molar-refractivity contribution >= 4 is 11.6 Å². The van der Waals surface area contributed by atoms with Gasteiger partial charge in [0.15, 0.2) is 0 Å². The number of ether oxygens (including phenoxy) is 1. The molecule has 1 aromatic carbocycles. The van der Waals surface area contributed by atoms with Crippen molar-refractivity contribution in [2.24, 2.45) is 0 Å². The average Bonchev–Trinajstić information content (AvgIpc) is 2.85. The molecule has 0 atom stereocenters. The molecule has 1 aliphatic rings. The molecule has 3 rings (SSSR count). The second kappa shape index (κ2) is 4.44. The lowest BCUT2D eigenvalue weighted by atomic mass is 10.2. The molecular weight excluding hydrogens is 234 g/mol. The Morgan fingerprint density at radius 3 is 3.11 bits per heavy atom. The van der Waals surface area contributed by atoms with E-state index in [0.717, 1.165) is 12.1 Å². The van der Waals surface area contributed by atoms with Gasteiger partial charge in [-0.15, -0.1) is 10.2 Å².